The number of allylic oxidation sites excluding steroid dienone is 1. The molecule has 0 saturated carbocycles. The van der Waals surface area contributed by atoms with Crippen molar-refractivity contribution in [3.05, 3.63) is 35.9 Å². The monoisotopic (exact) mass is 294 g/mol. The van der Waals surface area contributed by atoms with Gasteiger partial charge in [-0.25, -0.2) is 4.79 Å². The molecule has 1 aromatic rings. The lowest BCUT2D eigenvalue weighted by atomic mass is 9.96. The predicted octanol–water partition coefficient (Wildman–Crippen LogP) is 4.02. The van der Waals surface area contributed by atoms with E-state index in [0.717, 1.165) is 34.8 Å². The van der Waals surface area contributed by atoms with Crippen LogP contribution in [0.2, 0.25) is 0 Å². The zero-order valence-corrected chi connectivity index (χ0v) is 12.6. The first-order chi connectivity index (χ1) is 9.20. The Morgan fingerprint density at radius 2 is 1.95 bits per heavy atom. The van der Waals surface area contributed by atoms with E-state index in [0.29, 0.717) is 11.5 Å². The summed E-state index contributed by atoms with van der Waals surface area (Å²) in [6.45, 7) is 0. The lowest BCUT2D eigenvalue weighted by Crippen LogP contribution is -2.10. The van der Waals surface area contributed by atoms with Crippen molar-refractivity contribution in [3.8, 4) is 0 Å². The van der Waals surface area contributed by atoms with Crippen molar-refractivity contribution in [1.29, 1.82) is 0 Å². The Morgan fingerprint density at radius 1 is 1.32 bits per heavy atom. The van der Waals surface area contributed by atoms with E-state index in [1.807, 2.05) is 48.4 Å². The molecule has 1 aliphatic heterocycles. The van der Waals surface area contributed by atoms with Gasteiger partial charge in [0.2, 0.25) is 0 Å². The maximum absolute atomic E-state index is 11.4. The van der Waals surface area contributed by atoms with Crippen LogP contribution in [0.4, 0.5) is 0 Å². The predicted molar refractivity (Wildman–Crippen MR) is 83.9 cm³/mol. The number of hydrogen-bond acceptors (Lipinski definition) is 3. The van der Waals surface area contributed by atoms with Gasteiger partial charge in [-0.3, -0.25) is 0 Å². The highest BCUT2D eigenvalue weighted by Crippen LogP contribution is 2.28. The molecule has 0 aromatic heterocycles. The zero-order valence-electron chi connectivity index (χ0n) is 11.0. The third kappa shape index (κ3) is 4.05. The van der Waals surface area contributed by atoms with E-state index in [1.165, 1.54) is 0 Å². The van der Waals surface area contributed by atoms with Crippen molar-refractivity contribution >= 4 is 35.1 Å². The molecule has 1 heterocycles. The maximum Gasteiger partial charge on any atom is 0.335 e. The van der Waals surface area contributed by atoms with Gasteiger partial charge in [-0.05, 0) is 54.2 Å². The highest BCUT2D eigenvalue weighted by atomic mass is 32.2. The van der Waals surface area contributed by atoms with Crippen LogP contribution in [0, 0.1) is 5.92 Å². The van der Waals surface area contributed by atoms with E-state index in [9.17, 15) is 9.90 Å². The first kappa shape index (κ1) is 14.5. The van der Waals surface area contributed by atoms with Crippen molar-refractivity contribution in [2.24, 2.45) is 5.92 Å². The summed E-state index contributed by atoms with van der Waals surface area (Å²) in [5, 5.41) is 9.41. The SMILES string of the molecule is CSc1ccc(/C(=C\C2CCSCC2)C(=O)O)cc1. The summed E-state index contributed by atoms with van der Waals surface area (Å²) >= 11 is 3.62. The topological polar surface area (TPSA) is 37.3 Å². The van der Waals surface area contributed by atoms with Gasteiger partial charge in [0, 0.05) is 4.90 Å². The molecule has 2 rings (SSSR count). The highest BCUT2D eigenvalue weighted by Gasteiger charge is 2.16. The Bertz CT molecular complexity index is 460. The number of carboxylic acid groups (broad SMARTS) is 1. The van der Waals surface area contributed by atoms with Crippen molar-refractivity contribution in [3.63, 3.8) is 0 Å². The van der Waals surface area contributed by atoms with E-state index in [2.05, 4.69) is 0 Å². The van der Waals surface area contributed by atoms with Crippen LogP contribution in [0.25, 0.3) is 5.57 Å². The molecule has 0 unspecified atom stereocenters. The van der Waals surface area contributed by atoms with Gasteiger partial charge in [0.05, 0.1) is 5.57 Å². The number of carbonyl (C=O) groups is 1. The first-order valence-corrected chi connectivity index (χ1v) is 8.76. The minimum absolute atomic E-state index is 0.410. The number of thioether (sulfide) groups is 2. The fourth-order valence-corrected chi connectivity index (χ4v) is 3.73. The van der Waals surface area contributed by atoms with Crippen LogP contribution in [0.3, 0.4) is 0 Å². The molecule has 0 spiro atoms. The Kier molecular flexibility index (Phi) is 5.40. The van der Waals surface area contributed by atoms with Gasteiger partial charge in [0.15, 0.2) is 0 Å². The molecule has 0 radical (unpaired) electrons. The number of rotatable bonds is 4. The summed E-state index contributed by atoms with van der Waals surface area (Å²) in [6.07, 6.45) is 6.15. The van der Waals surface area contributed by atoms with Gasteiger partial charge in [0.1, 0.15) is 0 Å². The van der Waals surface area contributed by atoms with Crippen molar-refractivity contribution < 1.29 is 9.90 Å². The zero-order chi connectivity index (χ0) is 13.7. The van der Waals surface area contributed by atoms with Gasteiger partial charge in [-0.15, -0.1) is 11.8 Å². The number of carboxylic acids is 1. The summed E-state index contributed by atoms with van der Waals surface area (Å²) in [5.41, 5.74) is 1.26. The average molecular weight is 294 g/mol. The first-order valence-electron chi connectivity index (χ1n) is 6.38. The quantitative estimate of drug-likeness (QED) is 0.672. The Hall–Kier alpha value is -0.870. The second-order valence-electron chi connectivity index (χ2n) is 4.56. The fraction of sp³-hybridized carbons (Fsp3) is 0.400. The van der Waals surface area contributed by atoms with Crippen LogP contribution in [-0.4, -0.2) is 28.8 Å². The molecule has 1 aromatic carbocycles. The Morgan fingerprint density at radius 3 is 2.47 bits per heavy atom. The largest absolute Gasteiger partial charge is 0.478 e. The summed E-state index contributed by atoms with van der Waals surface area (Å²) in [6, 6.07) is 7.77. The van der Waals surface area contributed by atoms with E-state index in [1.54, 1.807) is 11.8 Å². The van der Waals surface area contributed by atoms with Crippen molar-refractivity contribution in [2.75, 3.05) is 17.8 Å². The normalized spacial score (nSPS) is 17.4. The second kappa shape index (κ2) is 7.06. The second-order valence-corrected chi connectivity index (χ2v) is 6.67. The Labute approximate surface area is 122 Å². The van der Waals surface area contributed by atoms with Crippen LogP contribution in [0.5, 0.6) is 0 Å². The van der Waals surface area contributed by atoms with Gasteiger partial charge >= 0.3 is 5.97 Å². The maximum atomic E-state index is 11.4. The lowest BCUT2D eigenvalue weighted by molar-refractivity contribution is -0.130. The molecule has 0 amide bonds. The van der Waals surface area contributed by atoms with E-state index < -0.39 is 5.97 Å². The third-order valence-electron chi connectivity index (χ3n) is 3.30. The summed E-state index contributed by atoms with van der Waals surface area (Å²) in [4.78, 5) is 12.6. The summed E-state index contributed by atoms with van der Waals surface area (Å²) < 4.78 is 0. The molecule has 1 N–H and O–H groups in total. The molecule has 0 bridgehead atoms. The molecular weight excluding hydrogens is 276 g/mol. The lowest BCUT2D eigenvalue weighted by Gasteiger charge is -2.18. The molecule has 0 atom stereocenters. The molecule has 1 aliphatic rings. The van der Waals surface area contributed by atoms with E-state index >= 15 is 0 Å². The Balaban J connectivity index is 2.22. The van der Waals surface area contributed by atoms with Gasteiger partial charge in [-0.1, -0.05) is 18.2 Å². The molecule has 4 heteroatoms. The summed E-state index contributed by atoms with van der Waals surface area (Å²) in [7, 11) is 0. The minimum Gasteiger partial charge on any atom is -0.478 e. The third-order valence-corrected chi connectivity index (χ3v) is 5.09. The van der Waals surface area contributed by atoms with Gasteiger partial charge in [-0.2, -0.15) is 11.8 Å². The van der Waals surface area contributed by atoms with Crippen molar-refractivity contribution in [2.45, 2.75) is 17.7 Å². The number of benzene rings is 1. The molecule has 2 nitrogen and oxygen atoms in total. The van der Waals surface area contributed by atoms with Crippen LogP contribution in [0.1, 0.15) is 18.4 Å². The van der Waals surface area contributed by atoms with Crippen LogP contribution in [0.15, 0.2) is 35.2 Å². The number of hydrogen-bond donors (Lipinski definition) is 1. The van der Waals surface area contributed by atoms with E-state index in [-0.39, 0.29) is 0 Å². The van der Waals surface area contributed by atoms with Gasteiger partial charge in [0.25, 0.3) is 0 Å². The van der Waals surface area contributed by atoms with Crippen LogP contribution in [-0.2, 0) is 4.79 Å². The molecule has 1 saturated heterocycles. The molecule has 1 fully saturated rings. The number of aliphatic carboxylic acids is 1. The fourth-order valence-electron chi connectivity index (χ4n) is 2.18. The van der Waals surface area contributed by atoms with Crippen LogP contribution >= 0.6 is 23.5 Å². The average Bonchev–Trinajstić information content (AvgIpc) is 2.46. The molecular formula is C15H18O2S2. The van der Waals surface area contributed by atoms with E-state index in [4.69, 9.17) is 0 Å². The smallest absolute Gasteiger partial charge is 0.335 e. The highest BCUT2D eigenvalue weighted by molar-refractivity contribution is 7.99. The van der Waals surface area contributed by atoms with Gasteiger partial charge < -0.3 is 5.11 Å². The molecule has 0 aliphatic carbocycles. The summed E-state index contributed by atoms with van der Waals surface area (Å²) in [5.74, 6) is 1.86. The van der Waals surface area contributed by atoms with Crippen LogP contribution < -0.4 is 0 Å². The minimum atomic E-state index is -0.824. The molecule has 19 heavy (non-hydrogen) atoms. The molecule has 102 valence electrons. The van der Waals surface area contributed by atoms with Crippen molar-refractivity contribution in [1.82, 2.24) is 0 Å². The standard InChI is InChI=1S/C15H18O2S2/c1-18-13-4-2-12(3-5-13)14(15(16)17)10-11-6-8-19-9-7-11/h2-5,10-11H,6-9H2,1H3,(H,16,17)/b14-10+.